The van der Waals surface area contributed by atoms with E-state index >= 15 is 0 Å². The van der Waals surface area contributed by atoms with Gasteiger partial charge in [0, 0.05) is 37.0 Å². The molecule has 2 aromatic carbocycles. The Bertz CT molecular complexity index is 1790. The number of nitrogens with zero attached hydrogens (tertiary/aromatic N) is 5. The van der Waals surface area contributed by atoms with E-state index in [-0.39, 0.29) is 29.9 Å². The van der Waals surface area contributed by atoms with E-state index in [0.717, 1.165) is 71.7 Å². The molecule has 4 heterocycles. The van der Waals surface area contributed by atoms with Gasteiger partial charge in [-0.1, -0.05) is 25.0 Å². The van der Waals surface area contributed by atoms with Crippen LogP contribution >= 0.6 is 0 Å². The minimum atomic E-state index is -0.961. The van der Waals surface area contributed by atoms with Crippen LogP contribution in [0.2, 0.25) is 0 Å². The summed E-state index contributed by atoms with van der Waals surface area (Å²) in [4.78, 5) is 60.2. The van der Waals surface area contributed by atoms with Crippen LogP contribution in [0.4, 0.5) is 5.69 Å². The number of rotatable bonds is 11. The van der Waals surface area contributed by atoms with Crippen LogP contribution in [0, 0.1) is 0 Å². The van der Waals surface area contributed by atoms with Crippen LogP contribution in [-0.2, 0) is 16.1 Å². The Morgan fingerprint density at radius 2 is 1.75 bits per heavy atom. The summed E-state index contributed by atoms with van der Waals surface area (Å²) in [5.41, 5.74) is 6.38. The first-order valence-corrected chi connectivity index (χ1v) is 15.3. The van der Waals surface area contributed by atoms with E-state index in [0.29, 0.717) is 5.92 Å². The zero-order valence-corrected chi connectivity index (χ0v) is 24.3. The summed E-state index contributed by atoms with van der Waals surface area (Å²) < 4.78 is 1.97. The number of aryl methyl sites for hydroxylation is 1. The van der Waals surface area contributed by atoms with Crippen LogP contribution in [0.25, 0.3) is 22.3 Å². The molecule has 0 radical (unpaired) electrons. The SMILES string of the molecule is O=C1CCC(N2C(=O)c3ccc(NCCCCCCn4cc(-c5cnc6cccc(C7CC7)c6n5)cn4)cc3C2=O)C(=O)N1. The molecule has 2 aromatic heterocycles. The quantitative estimate of drug-likeness (QED) is 0.193. The molecule has 2 fully saturated rings. The number of benzene rings is 2. The molecule has 4 amide bonds. The monoisotopic (exact) mass is 591 g/mol. The third kappa shape index (κ3) is 5.45. The fourth-order valence-corrected chi connectivity index (χ4v) is 6.10. The van der Waals surface area contributed by atoms with Crippen molar-refractivity contribution in [3.05, 3.63) is 71.7 Å². The summed E-state index contributed by atoms with van der Waals surface area (Å²) in [6, 6.07) is 10.4. The van der Waals surface area contributed by atoms with E-state index in [1.807, 2.05) is 29.3 Å². The Kier molecular flexibility index (Phi) is 7.37. The van der Waals surface area contributed by atoms with Gasteiger partial charge >= 0.3 is 0 Å². The molecule has 1 aliphatic carbocycles. The smallest absolute Gasteiger partial charge is 0.262 e. The molecular formula is C33H33N7O4. The molecule has 44 heavy (non-hydrogen) atoms. The number of anilines is 1. The van der Waals surface area contributed by atoms with Crippen molar-refractivity contribution in [1.29, 1.82) is 0 Å². The summed E-state index contributed by atoms with van der Waals surface area (Å²) in [7, 11) is 0. The molecule has 1 atom stereocenters. The van der Waals surface area contributed by atoms with Crippen LogP contribution in [0.1, 0.15) is 83.6 Å². The summed E-state index contributed by atoms with van der Waals surface area (Å²) in [5, 5.41) is 10.1. The third-order valence-electron chi connectivity index (χ3n) is 8.63. The maximum absolute atomic E-state index is 13.0. The molecule has 2 N–H and O–H groups in total. The number of aromatic nitrogens is 4. The van der Waals surface area contributed by atoms with Gasteiger partial charge in [-0.3, -0.25) is 39.1 Å². The lowest BCUT2D eigenvalue weighted by atomic mass is 10.0. The van der Waals surface area contributed by atoms with Gasteiger partial charge in [-0.25, -0.2) is 4.98 Å². The average molecular weight is 592 g/mol. The number of fused-ring (bicyclic) bond motifs is 2. The van der Waals surface area contributed by atoms with Crippen molar-refractivity contribution >= 4 is 40.3 Å². The first kappa shape index (κ1) is 27.9. The van der Waals surface area contributed by atoms with Gasteiger partial charge in [-0.15, -0.1) is 0 Å². The molecular weight excluding hydrogens is 558 g/mol. The van der Waals surface area contributed by atoms with Gasteiger partial charge in [0.05, 0.1) is 40.2 Å². The predicted octanol–water partition coefficient (Wildman–Crippen LogP) is 4.44. The number of piperidine rings is 1. The van der Waals surface area contributed by atoms with Crippen LogP contribution in [0.15, 0.2) is 55.0 Å². The van der Waals surface area contributed by atoms with Gasteiger partial charge in [0.25, 0.3) is 11.8 Å². The molecule has 0 spiro atoms. The van der Waals surface area contributed by atoms with Gasteiger partial charge in [0.2, 0.25) is 11.8 Å². The minimum Gasteiger partial charge on any atom is -0.385 e. The number of amides is 4. The molecule has 2 aliphatic heterocycles. The fraction of sp³-hybridized carbons (Fsp3) is 0.364. The zero-order chi connectivity index (χ0) is 30.2. The number of unbranched alkanes of at least 4 members (excludes halogenated alkanes) is 3. The summed E-state index contributed by atoms with van der Waals surface area (Å²) in [6.07, 6.45) is 12.5. The Hall–Kier alpha value is -4.93. The minimum absolute atomic E-state index is 0.0983. The second kappa shape index (κ2) is 11.6. The standard InChI is InChI=1S/C33H33N7O4/c41-29-13-12-28(31(42)38-29)40-32(43)24-11-10-22(16-25(24)33(40)44)34-14-3-1-2-4-15-39-19-21(17-36-39)27-18-35-26-7-5-6-23(20-8-9-20)30(26)37-27/h5-7,10-11,16-20,28,34H,1-4,8-9,12-15H2,(H,38,41,42). The van der Waals surface area contributed by atoms with E-state index < -0.39 is 23.8 Å². The topological polar surface area (TPSA) is 139 Å². The number of hydrogen-bond acceptors (Lipinski definition) is 8. The van der Waals surface area contributed by atoms with Crippen molar-refractivity contribution in [2.75, 3.05) is 11.9 Å². The van der Waals surface area contributed by atoms with Crippen molar-refractivity contribution in [1.82, 2.24) is 30.0 Å². The van der Waals surface area contributed by atoms with Gasteiger partial charge < -0.3 is 5.32 Å². The average Bonchev–Trinajstić information content (AvgIpc) is 3.72. The second-order valence-corrected chi connectivity index (χ2v) is 11.8. The van der Waals surface area contributed by atoms with E-state index in [2.05, 4.69) is 32.8 Å². The third-order valence-corrected chi connectivity index (χ3v) is 8.63. The van der Waals surface area contributed by atoms with Crippen LogP contribution in [-0.4, -0.2) is 60.9 Å². The molecule has 1 saturated carbocycles. The molecule has 11 nitrogen and oxygen atoms in total. The Labute approximate surface area is 254 Å². The van der Waals surface area contributed by atoms with Crippen molar-refractivity contribution in [2.24, 2.45) is 0 Å². The molecule has 1 unspecified atom stereocenters. The fourth-order valence-electron chi connectivity index (χ4n) is 6.10. The summed E-state index contributed by atoms with van der Waals surface area (Å²) in [5.74, 6) is -1.38. The van der Waals surface area contributed by atoms with E-state index in [1.165, 1.54) is 18.4 Å². The maximum Gasteiger partial charge on any atom is 0.262 e. The summed E-state index contributed by atoms with van der Waals surface area (Å²) >= 11 is 0. The predicted molar refractivity (Wildman–Crippen MR) is 163 cm³/mol. The highest BCUT2D eigenvalue weighted by Crippen LogP contribution is 2.42. The van der Waals surface area contributed by atoms with Gasteiger partial charge in [0.1, 0.15) is 6.04 Å². The van der Waals surface area contributed by atoms with Crippen LogP contribution in [0.5, 0.6) is 0 Å². The Morgan fingerprint density at radius 3 is 2.59 bits per heavy atom. The maximum atomic E-state index is 13.0. The molecule has 224 valence electrons. The first-order valence-electron chi connectivity index (χ1n) is 15.3. The first-order chi connectivity index (χ1) is 21.5. The van der Waals surface area contributed by atoms with E-state index in [1.54, 1.807) is 18.2 Å². The number of carbonyl (C=O) groups is 4. The lowest BCUT2D eigenvalue weighted by molar-refractivity contribution is -0.136. The number of carbonyl (C=O) groups excluding carboxylic acids is 4. The molecule has 11 heteroatoms. The normalized spacial score (nSPS) is 18.2. The number of nitrogens with one attached hydrogen (secondary N) is 2. The lowest BCUT2D eigenvalue weighted by Crippen LogP contribution is -2.54. The Morgan fingerprint density at radius 1 is 0.909 bits per heavy atom. The van der Waals surface area contributed by atoms with Crippen LogP contribution < -0.4 is 10.6 Å². The van der Waals surface area contributed by atoms with Crippen molar-refractivity contribution in [2.45, 2.75) is 69.9 Å². The molecule has 4 aromatic rings. The Balaban J connectivity index is 0.867. The lowest BCUT2D eigenvalue weighted by Gasteiger charge is -2.27. The van der Waals surface area contributed by atoms with E-state index in [9.17, 15) is 19.2 Å². The van der Waals surface area contributed by atoms with E-state index in [4.69, 9.17) is 4.98 Å². The molecule has 7 rings (SSSR count). The number of imide groups is 2. The van der Waals surface area contributed by atoms with Crippen molar-refractivity contribution < 1.29 is 19.2 Å². The number of para-hydroxylation sites is 1. The van der Waals surface area contributed by atoms with Crippen LogP contribution in [0.3, 0.4) is 0 Å². The van der Waals surface area contributed by atoms with Gasteiger partial charge in [-0.2, -0.15) is 5.10 Å². The molecule has 0 bridgehead atoms. The zero-order valence-electron chi connectivity index (χ0n) is 24.3. The molecule has 3 aliphatic rings. The van der Waals surface area contributed by atoms with Crippen molar-refractivity contribution in [3.63, 3.8) is 0 Å². The largest absolute Gasteiger partial charge is 0.385 e. The second-order valence-electron chi connectivity index (χ2n) is 11.8. The summed E-state index contributed by atoms with van der Waals surface area (Å²) in [6.45, 7) is 1.56. The number of hydrogen-bond donors (Lipinski definition) is 2. The highest BCUT2D eigenvalue weighted by Gasteiger charge is 2.44. The van der Waals surface area contributed by atoms with Gasteiger partial charge in [-0.05, 0) is 67.9 Å². The molecule has 1 saturated heterocycles. The highest BCUT2D eigenvalue weighted by molar-refractivity contribution is 6.23. The van der Waals surface area contributed by atoms with Gasteiger partial charge in [0.15, 0.2) is 0 Å². The highest BCUT2D eigenvalue weighted by atomic mass is 16.2. The van der Waals surface area contributed by atoms with Crippen molar-refractivity contribution in [3.8, 4) is 11.3 Å².